The second-order valence-electron chi connectivity index (χ2n) is 5.84. The van der Waals surface area contributed by atoms with Crippen molar-refractivity contribution in [3.63, 3.8) is 0 Å². The molecular formula is C18H18BrF2NO. The highest BCUT2D eigenvalue weighted by Crippen LogP contribution is 2.30. The summed E-state index contributed by atoms with van der Waals surface area (Å²) in [5.74, 6) is -1.79. The Labute approximate surface area is 143 Å². The van der Waals surface area contributed by atoms with Crippen LogP contribution >= 0.6 is 15.9 Å². The number of halogens is 3. The fraction of sp³-hybridized carbons (Fsp3) is 0.333. The first-order valence-electron chi connectivity index (χ1n) is 7.57. The van der Waals surface area contributed by atoms with Crippen LogP contribution in [0.3, 0.4) is 0 Å². The van der Waals surface area contributed by atoms with Crippen LogP contribution in [0.25, 0.3) is 0 Å². The van der Waals surface area contributed by atoms with Crippen molar-refractivity contribution in [2.24, 2.45) is 0 Å². The van der Waals surface area contributed by atoms with Crippen molar-refractivity contribution in [1.82, 2.24) is 4.90 Å². The first-order chi connectivity index (χ1) is 11.0. The molecule has 2 aromatic rings. The number of likely N-dealkylation sites (tertiary alicyclic amines) is 1. The fourth-order valence-corrected chi connectivity index (χ4v) is 3.15. The molecule has 0 spiro atoms. The first kappa shape index (κ1) is 16.4. The van der Waals surface area contributed by atoms with Crippen LogP contribution in [0.1, 0.15) is 17.5 Å². The van der Waals surface area contributed by atoms with Gasteiger partial charge in [-0.3, -0.25) is 4.90 Å². The van der Waals surface area contributed by atoms with Gasteiger partial charge in [-0.15, -0.1) is 0 Å². The summed E-state index contributed by atoms with van der Waals surface area (Å²) >= 11 is 3.52. The van der Waals surface area contributed by atoms with Crippen molar-refractivity contribution < 1.29 is 13.5 Å². The van der Waals surface area contributed by atoms with E-state index in [1.807, 2.05) is 48.5 Å². The molecule has 0 bridgehead atoms. The van der Waals surface area contributed by atoms with Crippen LogP contribution in [0.15, 0.2) is 53.0 Å². The van der Waals surface area contributed by atoms with Gasteiger partial charge in [0.25, 0.3) is 5.92 Å². The molecule has 1 fully saturated rings. The van der Waals surface area contributed by atoms with Gasteiger partial charge in [0.15, 0.2) is 0 Å². The van der Waals surface area contributed by atoms with Crippen LogP contribution in [0.2, 0.25) is 0 Å². The minimum absolute atomic E-state index is 0.0527. The number of hydrogen-bond donors (Lipinski definition) is 0. The molecular weight excluding hydrogens is 364 g/mol. The molecule has 1 aliphatic heterocycles. The summed E-state index contributed by atoms with van der Waals surface area (Å²) in [6, 6.07) is 15.7. The molecule has 1 saturated heterocycles. The van der Waals surface area contributed by atoms with E-state index in [1.54, 1.807) is 4.90 Å². The Morgan fingerprint density at radius 1 is 1.13 bits per heavy atom. The van der Waals surface area contributed by atoms with E-state index in [9.17, 15) is 8.78 Å². The third-order valence-corrected chi connectivity index (χ3v) is 4.65. The third-order valence-electron chi connectivity index (χ3n) is 3.92. The summed E-state index contributed by atoms with van der Waals surface area (Å²) in [4.78, 5) is 1.78. The van der Waals surface area contributed by atoms with E-state index in [-0.39, 0.29) is 13.0 Å². The summed E-state index contributed by atoms with van der Waals surface area (Å²) in [6.07, 6.45) is -0.0527. The smallest absolute Gasteiger partial charge is 0.261 e. The van der Waals surface area contributed by atoms with Crippen LogP contribution in [0, 0.1) is 0 Å². The van der Waals surface area contributed by atoms with Gasteiger partial charge in [0.05, 0.1) is 6.54 Å². The second kappa shape index (κ2) is 6.97. The van der Waals surface area contributed by atoms with Gasteiger partial charge in [-0.1, -0.05) is 52.3 Å². The molecule has 0 radical (unpaired) electrons. The van der Waals surface area contributed by atoms with Gasteiger partial charge < -0.3 is 4.74 Å². The lowest BCUT2D eigenvalue weighted by Crippen LogP contribution is -2.24. The summed E-state index contributed by atoms with van der Waals surface area (Å²) in [5, 5.41) is 0. The Hall–Kier alpha value is -1.46. The Balaban J connectivity index is 1.60. The number of nitrogens with zero attached hydrogens (tertiary/aromatic N) is 1. The quantitative estimate of drug-likeness (QED) is 0.732. The standard InChI is InChI=1S/C18H18BrF2NO/c19-17-10-16(23-12-14-4-2-1-3-5-14)7-6-15(17)11-22-9-8-18(20,21)13-22/h1-7,10H,8-9,11-13H2. The maximum Gasteiger partial charge on any atom is 0.261 e. The predicted molar refractivity (Wildman–Crippen MR) is 89.8 cm³/mol. The van der Waals surface area contributed by atoms with E-state index in [2.05, 4.69) is 15.9 Å². The molecule has 0 atom stereocenters. The minimum Gasteiger partial charge on any atom is -0.489 e. The lowest BCUT2D eigenvalue weighted by atomic mass is 10.2. The maximum atomic E-state index is 13.3. The summed E-state index contributed by atoms with van der Waals surface area (Å²) < 4.78 is 33.2. The van der Waals surface area contributed by atoms with Crippen LogP contribution in [0.5, 0.6) is 5.75 Å². The first-order valence-corrected chi connectivity index (χ1v) is 8.36. The Kier molecular flexibility index (Phi) is 4.97. The van der Waals surface area contributed by atoms with Crippen molar-refractivity contribution in [1.29, 1.82) is 0 Å². The lowest BCUT2D eigenvalue weighted by Gasteiger charge is -2.17. The van der Waals surface area contributed by atoms with Gasteiger partial charge in [-0.25, -0.2) is 8.78 Å². The van der Waals surface area contributed by atoms with Gasteiger partial charge in [0.2, 0.25) is 0 Å². The highest BCUT2D eigenvalue weighted by atomic mass is 79.9. The maximum absolute atomic E-state index is 13.3. The SMILES string of the molecule is FC1(F)CCN(Cc2ccc(OCc3ccccc3)cc2Br)C1. The largest absolute Gasteiger partial charge is 0.489 e. The van der Waals surface area contributed by atoms with E-state index >= 15 is 0 Å². The molecule has 0 amide bonds. The number of benzene rings is 2. The zero-order chi connectivity index (χ0) is 16.3. The predicted octanol–water partition coefficient (Wildman–Crippen LogP) is 4.87. The molecule has 3 rings (SSSR count). The zero-order valence-corrected chi connectivity index (χ0v) is 14.2. The Morgan fingerprint density at radius 3 is 2.57 bits per heavy atom. The van der Waals surface area contributed by atoms with Gasteiger partial charge in [0.1, 0.15) is 12.4 Å². The molecule has 5 heteroatoms. The molecule has 1 heterocycles. The van der Waals surface area contributed by atoms with Crippen LogP contribution < -0.4 is 4.74 Å². The van der Waals surface area contributed by atoms with E-state index in [4.69, 9.17) is 4.74 Å². The second-order valence-corrected chi connectivity index (χ2v) is 6.70. The molecule has 0 aromatic heterocycles. The van der Waals surface area contributed by atoms with E-state index in [0.717, 1.165) is 21.3 Å². The lowest BCUT2D eigenvalue weighted by molar-refractivity contribution is 0.0115. The molecule has 122 valence electrons. The highest BCUT2D eigenvalue weighted by Gasteiger charge is 2.38. The molecule has 0 unspecified atom stereocenters. The molecule has 0 N–H and O–H groups in total. The minimum atomic E-state index is -2.55. The molecule has 2 aromatic carbocycles. The summed E-state index contributed by atoms with van der Waals surface area (Å²) in [7, 11) is 0. The van der Waals surface area contributed by atoms with Gasteiger partial charge in [0, 0.05) is 24.0 Å². The summed E-state index contributed by atoms with van der Waals surface area (Å²) in [5.41, 5.74) is 2.10. The van der Waals surface area contributed by atoms with Crippen LogP contribution in [-0.2, 0) is 13.2 Å². The van der Waals surface area contributed by atoms with Crippen molar-refractivity contribution >= 4 is 15.9 Å². The topological polar surface area (TPSA) is 12.5 Å². The number of hydrogen-bond acceptors (Lipinski definition) is 2. The van der Waals surface area contributed by atoms with Crippen molar-refractivity contribution in [2.75, 3.05) is 13.1 Å². The van der Waals surface area contributed by atoms with E-state index in [1.165, 1.54) is 0 Å². The molecule has 1 aliphatic rings. The van der Waals surface area contributed by atoms with Gasteiger partial charge in [-0.05, 0) is 23.3 Å². The number of rotatable bonds is 5. The monoisotopic (exact) mass is 381 g/mol. The molecule has 23 heavy (non-hydrogen) atoms. The highest BCUT2D eigenvalue weighted by molar-refractivity contribution is 9.10. The molecule has 2 nitrogen and oxygen atoms in total. The van der Waals surface area contributed by atoms with E-state index in [0.29, 0.717) is 19.7 Å². The van der Waals surface area contributed by atoms with Gasteiger partial charge in [-0.2, -0.15) is 0 Å². The van der Waals surface area contributed by atoms with Crippen LogP contribution in [-0.4, -0.2) is 23.9 Å². The average molecular weight is 382 g/mol. The van der Waals surface area contributed by atoms with E-state index < -0.39 is 5.92 Å². The normalized spacial score (nSPS) is 17.3. The van der Waals surface area contributed by atoms with Crippen molar-refractivity contribution in [2.45, 2.75) is 25.5 Å². The fourth-order valence-electron chi connectivity index (χ4n) is 2.67. The Morgan fingerprint density at radius 2 is 1.91 bits per heavy atom. The summed E-state index contributed by atoms with van der Waals surface area (Å²) in [6.45, 7) is 1.30. The molecule has 0 aliphatic carbocycles. The van der Waals surface area contributed by atoms with Crippen LogP contribution in [0.4, 0.5) is 8.78 Å². The van der Waals surface area contributed by atoms with Gasteiger partial charge >= 0.3 is 0 Å². The van der Waals surface area contributed by atoms with Crippen molar-refractivity contribution in [3.05, 3.63) is 64.1 Å². The number of alkyl halides is 2. The number of ether oxygens (including phenoxy) is 1. The zero-order valence-electron chi connectivity index (χ0n) is 12.6. The molecule has 0 saturated carbocycles. The Bertz CT molecular complexity index is 663. The van der Waals surface area contributed by atoms with Crippen molar-refractivity contribution in [3.8, 4) is 5.75 Å². The average Bonchev–Trinajstić information content (AvgIpc) is 2.88. The third kappa shape index (κ3) is 4.52.